The number of hydrogen-bond acceptors (Lipinski definition) is 23. The number of nitrogens with one attached hydrogen (secondary N) is 2. The van der Waals surface area contributed by atoms with Crippen LogP contribution in [0.15, 0.2) is 61.3 Å². The number of carbonyl (C=O) groups excluding carboxylic acids is 4. The molecule has 6 N–H and O–H groups in total. The number of thioether (sulfide) groups is 1. The Bertz CT molecular complexity index is 2490. The number of allylic oxidation sites excluding steroid dienone is 8. The summed E-state index contributed by atoms with van der Waals surface area (Å²) in [5.41, 5.74) is 4.05. The molecule has 0 bridgehead atoms. The van der Waals surface area contributed by atoms with Crippen molar-refractivity contribution in [2.24, 2.45) is 5.41 Å². The summed E-state index contributed by atoms with van der Waals surface area (Å²) in [6.07, 6.45) is 29.4. The summed E-state index contributed by atoms with van der Waals surface area (Å²) in [6, 6.07) is 0. The Hall–Kier alpha value is -3.81. The maximum Gasteiger partial charge on any atom is 0.274 e. The van der Waals surface area contributed by atoms with Crippen LogP contribution in [0.1, 0.15) is 155 Å². The number of aromatic nitrogens is 4. The molecule has 3 heterocycles. The fourth-order valence-corrected chi connectivity index (χ4v) is 11.4. The highest BCUT2D eigenvalue weighted by Crippen LogP contribution is 2.56. The molecule has 0 saturated carbocycles. The number of unbranched alkanes of at least 4 members (excludes halogenated alkanes) is 12. The predicted molar refractivity (Wildman–Crippen MR) is 293 cm³/mol. The molecule has 1 aliphatic rings. The van der Waals surface area contributed by atoms with Crippen LogP contribution < -0.4 is 35.9 Å². The molecule has 80 heavy (non-hydrogen) atoms. The van der Waals surface area contributed by atoms with Crippen molar-refractivity contribution >= 4 is 74.9 Å². The number of Topliss-reactive ketones (excluding diaryl/α,β-unsaturated/α-hetero) is 1. The molecule has 25 nitrogen and oxygen atoms in total. The number of phosphoric acid groups is 3. The molecule has 1 saturated heterocycles. The van der Waals surface area contributed by atoms with Gasteiger partial charge in [-0.15, -0.1) is 0 Å². The zero-order valence-electron chi connectivity index (χ0n) is 45.9. The molecule has 2 aromatic heterocycles. The Kier molecular flexibility index (Phi) is 32.9. The third kappa shape index (κ3) is 28.9. The number of nitrogen functional groups attached to an aromatic ring is 1. The summed E-state index contributed by atoms with van der Waals surface area (Å²) < 4.78 is 60.9. The first-order chi connectivity index (χ1) is 37.9. The molecule has 452 valence electrons. The van der Waals surface area contributed by atoms with E-state index >= 15 is 0 Å². The Morgan fingerprint density at radius 1 is 0.800 bits per heavy atom. The number of carbonyl (C=O) groups is 4. The van der Waals surface area contributed by atoms with Gasteiger partial charge in [-0.3, -0.25) is 32.9 Å². The van der Waals surface area contributed by atoms with Gasteiger partial charge in [-0.05, 0) is 51.4 Å². The summed E-state index contributed by atoms with van der Waals surface area (Å²) in [5, 5.41) is 26.1. The standard InChI is InChI=1S/C51H84N7O18P3S/c1-4-5-6-7-8-9-10-11-12-13-14-15-16-17-18-19-20-21-22-23-24-25-26-27-28-29-39(59)34-42(61)80-33-32-53-41(60)30-31-54-49(64)46(63)51(2,3)36-73-79(70,71)76-78(68,69)72-35-40-45(75-77(65,66)67)44(62)50(74-40)58-38-57-43-47(52)55-37-56-48(43)58/h8-9,11-12,14-15,17-18,37-38,40,44-46,50,62-63H,4-7,10,13,16,19-36H2,1-3H3,(H,53,60)(H,54,64)(H,68,69)(H,70,71)(H2,52,55,56)(H2,65,66,67)/p-4/b9-8-,12-11-,15-14-,18-17-/t40-,44-,45-,46+,50-/m1/s1. The van der Waals surface area contributed by atoms with Crippen LogP contribution in [0, 0.1) is 5.41 Å². The van der Waals surface area contributed by atoms with Gasteiger partial charge in [-0.25, -0.2) is 19.3 Å². The van der Waals surface area contributed by atoms with E-state index in [2.05, 4.69) is 99.0 Å². The monoisotopic (exact) mass is 1200 g/mol. The van der Waals surface area contributed by atoms with E-state index < -0.39 is 84.6 Å². The normalized spacial score (nSPS) is 19.1. The SMILES string of the molecule is CCCCC/C=C\C/C=C\C/C=C\C/C=C\CCCCCCCCCCCC(=O)CC(=O)SCCNC(=O)CCNC(=O)[C@H](O)C(C)(C)COP(=O)([O-])OP(=O)([O-])OC[C@H]1O[C@@H](n2cnc3c(N)ncnc32)[C@H](O)[C@@H]1OP(=O)([O-])[O-]. The summed E-state index contributed by atoms with van der Waals surface area (Å²) in [6.45, 7) is 2.15. The second-order valence-electron chi connectivity index (χ2n) is 19.7. The highest BCUT2D eigenvalue weighted by Gasteiger charge is 2.47. The number of fused-ring (bicyclic) bond motifs is 1. The quantitative estimate of drug-likeness (QED) is 0.0241. The van der Waals surface area contributed by atoms with E-state index in [9.17, 15) is 62.7 Å². The highest BCUT2D eigenvalue weighted by atomic mass is 32.2. The van der Waals surface area contributed by atoms with Crippen molar-refractivity contribution in [3.05, 3.63) is 61.3 Å². The van der Waals surface area contributed by atoms with Gasteiger partial charge in [0.25, 0.3) is 15.6 Å². The number of ketones is 1. The Labute approximate surface area is 472 Å². The Morgan fingerprint density at radius 2 is 1.38 bits per heavy atom. The number of anilines is 1. The molecular formula is C51H80N7O18P3S-4. The molecule has 7 atom stereocenters. The maximum atomic E-state index is 12.7. The summed E-state index contributed by atoms with van der Waals surface area (Å²) in [7, 11) is -17.7. The van der Waals surface area contributed by atoms with Crippen molar-refractivity contribution in [1.29, 1.82) is 0 Å². The molecular weight excluding hydrogens is 1120 g/mol. The van der Waals surface area contributed by atoms with Crippen LogP contribution in [-0.4, -0.2) is 109 Å². The lowest BCUT2D eigenvalue weighted by Crippen LogP contribution is -2.46. The van der Waals surface area contributed by atoms with Crippen LogP contribution in [-0.2, 0) is 55.5 Å². The number of imidazole rings is 1. The number of nitrogens with two attached hydrogens (primary N) is 1. The van der Waals surface area contributed by atoms with Gasteiger partial charge in [0.1, 0.15) is 42.0 Å². The first-order valence-electron chi connectivity index (χ1n) is 27.0. The lowest BCUT2D eigenvalue weighted by Gasteiger charge is -2.36. The number of amides is 2. The fraction of sp³-hybridized carbons (Fsp3) is 0.667. The van der Waals surface area contributed by atoms with Crippen molar-refractivity contribution in [1.82, 2.24) is 30.2 Å². The minimum Gasteiger partial charge on any atom is -0.790 e. The molecule has 0 radical (unpaired) electrons. The number of nitrogens with zero attached hydrogens (tertiary/aromatic N) is 4. The third-order valence-corrected chi connectivity index (χ3v) is 16.3. The molecule has 1 fully saturated rings. The van der Waals surface area contributed by atoms with E-state index in [-0.39, 0.29) is 59.6 Å². The van der Waals surface area contributed by atoms with Gasteiger partial charge in [0, 0.05) is 37.1 Å². The van der Waals surface area contributed by atoms with E-state index in [4.69, 9.17) is 10.5 Å². The lowest BCUT2D eigenvalue weighted by molar-refractivity contribution is -0.347. The van der Waals surface area contributed by atoms with Crippen LogP contribution in [0.5, 0.6) is 0 Å². The summed E-state index contributed by atoms with van der Waals surface area (Å²) >= 11 is 0.926. The fourth-order valence-electron chi connectivity index (χ4n) is 7.96. The highest BCUT2D eigenvalue weighted by molar-refractivity contribution is 8.13. The van der Waals surface area contributed by atoms with Gasteiger partial charge >= 0.3 is 0 Å². The molecule has 0 spiro atoms. The number of hydrogen-bond donors (Lipinski definition) is 5. The predicted octanol–water partition coefficient (Wildman–Crippen LogP) is 5.36. The van der Waals surface area contributed by atoms with Gasteiger partial charge in [0.05, 0.1) is 33.8 Å². The maximum absolute atomic E-state index is 12.7. The Balaban J connectivity index is 1.20. The van der Waals surface area contributed by atoms with Gasteiger partial charge in [0.2, 0.25) is 11.8 Å². The van der Waals surface area contributed by atoms with E-state index in [1.807, 2.05) is 0 Å². The lowest BCUT2D eigenvalue weighted by atomic mass is 9.87. The number of aliphatic hydroxyl groups excluding tert-OH is 2. The van der Waals surface area contributed by atoms with E-state index in [1.165, 1.54) is 71.6 Å². The first-order valence-corrected chi connectivity index (χ1v) is 32.4. The van der Waals surface area contributed by atoms with Crippen LogP contribution in [0.3, 0.4) is 0 Å². The molecule has 0 aromatic carbocycles. The summed E-state index contributed by atoms with van der Waals surface area (Å²) in [5.74, 6) is -1.53. The van der Waals surface area contributed by atoms with Crippen molar-refractivity contribution in [3.8, 4) is 0 Å². The molecule has 2 amide bonds. The van der Waals surface area contributed by atoms with Crippen LogP contribution in [0.2, 0.25) is 0 Å². The topological polar surface area (TPSA) is 392 Å². The van der Waals surface area contributed by atoms with Crippen LogP contribution in [0.4, 0.5) is 5.82 Å². The molecule has 29 heteroatoms. The number of ether oxygens (including phenoxy) is 1. The first kappa shape index (κ1) is 70.5. The third-order valence-electron chi connectivity index (χ3n) is 12.4. The molecule has 3 rings (SSSR count). The molecule has 2 aromatic rings. The van der Waals surface area contributed by atoms with Crippen LogP contribution >= 0.6 is 35.2 Å². The van der Waals surface area contributed by atoms with Crippen molar-refractivity contribution < 1.29 is 85.3 Å². The Morgan fingerprint density at radius 3 is 1.99 bits per heavy atom. The zero-order valence-corrected chi connectivity index (χ0v) is 49.4. The van der Waals surface area contributed by atoms with Crippen molar-refractivity contribution in [2.75, 3.05) is 37.8 Å². The van der Waals surface area contributed by atoms with E-state index in [1.54, 1.807) is 0 Å². The van der Waals surface area contributed by atoms with Gasteiger partial charge < -0.3 is 69.0 Å². The van der Waals surface area contributed by atoms with Gasteiger partial charge in [-0.2, -0.15) is 0 Å². The second-order valence-corrected chi connectivity index (χ2v) is 24.9. The second kappa shape index (κ2) is 37.4. The van der Waals surface area contributed by atoms with Crippen molar-refractivity contribution in [3.63, 3.8) is 0 Å². The van der Waals surface area contributed by atoms with Crippen molar-refractivity contribution in [2.45, 2.75) is 180 Å². The summed E-state index contributed by atoms with van der Waals surface area (Å²) in [4.78, 5) is 110. The largest absolute Gasteiger partial charge is 0.790 e. The van der Waals surface area contributed by atoms with Gasteiger partial charge in [-0.1, -0.05) is 139 Å². The number of phosphoric ester groups is 3. The van der Waals surface area contributed by atoms with E-state index in [0.29, 0.717) is 6.42 Å². The molecule has 1 aliphatic heterocycles. The minimum absolute atomic E-state index is 0.0266. The minimum atomic E-state index is -5.94. The molecule has 2 unspecified atom stereocenters. The van der Waals surface area contributed by atoms with Gasteiger partial charge in [0.15, 0.2) is 22.8 Å². The van der Waals surface area contributed by atoms with E-state index in [0.717, 1.165) is 80.4 Å². The molecule has 0 aliphatic carbocycles. The average Bonchev–Trinajstić information content (AvgIpc) is 3.95. The number of aliphatic hydroxyl groups is 2. The zero-order chi connectivity index (χ0) is 59.0. The van der Waals surface area contributed by atoms with Crippen LogP contribution in [0.25, 0.3) is 11.2 Å². The number of rotatable bonds is 43. The smallest absolute Gasteiger partial charge is 0.274 e. The average molecular weight is 1200 g/mol.